The Kier molecular flexibility index (Phi) is 6.98. The van der Waals surface area contributed by atoms with Gasteiger partial charge in [-0.1, -0.05) is 41.5 Å². The summed E-state index contributed by atoms with van der Waals surface area (Å²) < 4.78 is 24.5. The van der Waals surface area contributed by atoms with Crippen molar-refractivity contribution in [3.05, 3.63) is 64.7 Å². The number of benzene rings is 2. The van der Waals surface area contributed by atoms with Gasteiger partial charge < -0.3 is 5.32 Å². The summed E-state index contributed by atoms with van der Waals surface area (Å²) in [6, 6.07) is 13.1. The Hall–Kier alpha value is -2.14. The first-order chi connectivity index (χ1) is 12.3. The van der Waals surface area contributed by atoms with E-state index in [-0.39, 0.29) is 23.0 Å². The van der Waals surface area contributed by atoms with Crippen LogP contribution in [-0.2, 0) is 21.1 Å². The molecule has 0 radical (unpaired) electrons. The standard InChI is InChI=1S/C21H27NO3S/c1-16-7-10-20(11-8-16)26(24,25)14-12-21(23)22-13-4-5-19-9-6-17(2)15-18(19)3/h6-11,15H,4-5,12-14H2,1-3H3,(H,22,23). The van der Waals surface area contributed by atoms with E-state index in [9.17, 15) is 13.2 Å². The van der Waals surface area contributed by atoms with Gasteiger partial charge >= 0.3 is 0 Å². The van der Waals surface area contributed by atoms with Crippen LogP contribution in [0.5, 0.6) is 0 Å². The first kappa shape index (κ1) is 20.2. The molecule has 0 saturated heterocycles. The van der Waals surface area contributed by atoms with E-state index >= 15 is 0 Å². The molecule has 140 valence electrons. The van der Waals surface area contributed by atoms with Gasteiger partial charge in [-0.15, -0.1) is 0 Å². The fourth-order valence-electron chi connectivity index (χ4n) is 2.81. The van der Waals surface area contributed by atoms with Crippen molar-refractivity contribution in [2.24, 2.45) is 0 Å². The van der Waals surface area contributed by atoms with Crippen molar-refractivity contribution in [1.82, 2.24) is 5.32 Å². The molecule has 0 atom stereocenters. The second-order valence-electron chi connectivity index (χ2n) is 6.77. The Labute approximate surface area is 156 Å². The summed E-state index contributed by atoms with van der Waals surface area (Å²) in [5.41, 5.74) is 4.80. The normalized spacial score (nSPS) is 11.3. The van der Waals surface area contributed by atoms with Crippen LogP contribution in [0.1, 0.15) is 35.1 Å². The van der Waals surface area contributed by atoms with E-state index in [1.165, 1.54) is 16.7 Å². The van der Waals surface area contributed by atoms with Gasteiger partial charge in [0.1, 0.15) is 0 Å². The van der Waals surface area contributed by atoms with E-state index in [0.717, 1.165) is 18.4 Å². The van der Waals surface area contributed by atoms with Gasteiger partial charge in [0.05, 0.1) is 10.6 Å². The first-order valence-corrected chi connectivity index (χ1v) is 10.6. The molecule has 4 nitrogen and oxygen atoms in total. The third-order valence-corrected chi connectivity index (χ3v) is 6.15. The lowest BCUT2D eigenvalue weighted by Crippen LogP contribution is -2.26. The number of hydrogen-bond acceptors (Lipinski definition) is 3. The Morgan fingerprint density at radius 2 is 1.62 bits per heavy atom. The third kappa shape index (κ3) is 5.99. The molecule has 2 aromatic rings. The van der Waals surface area contributed by atoms with E-state index in [1.54, 1.807) is 24.3 Å². The zero-order valence-electron chi connectivity index (χ0n) is 15.7. The molecule has 0 aliphatic rings. The molecule has 0 fully saturated rings. The van der Waals surface area contributed by atoms with Gasteiger partial charge in [0, 0.05) is 13.0 Å². The van der Waals surface area contributed by atoms with Gasteiger partial charge in [-0.05, 0) is 56.9 Å². The van der Waals surface area contributed by atoms with E-state index in [0.29, 0.717) is 6.54 Å². The third-order valence-electron chi connectivity index (χ3n) is 4.42. The van der Waals surface area contributed by atoms with Crippen molar-refractivity contribution in [3.63, 3.8) is 0 Å². The molecule has 0 aromatic heterocycles. The summed E-state index contributed by atoms with van der Waals surface area (Å²) in [5.74, 6) is -0.389. The number of carbonyl (C=O) groups excluding carboxylic acids is 1. The maximum Gasteiger partial charge on any atom is 0.221 e. The van der Waals surface area contributed by atoms with Crippen LogP contribution < -0.4 is 5.32 Å². The number of hydrogen-bond donors (Lipinski definition) is 1. The molecule has 1 N–H and O–H groups in total. The minimum Gasteiger partial charge on any atom is -0.356 e. The van der Waals surface area contributed by atoms with Crippen molar-refractivity contribution < 1.29 is 13.2 Å². The second-order valence-corrected chi connectivity index (χ2v) is 8.87. The predicted molar refractivity (Wildman–Crippen MR) is 105 cm³/mol. The van der Waals surface area contributed by atoms with Crippen molar-refractivity contribution in [1.29, 1.82) is 0 Å². The summed E-state index contributed by atoms with van der Waals surface area (Å²) >= 11 is 0. The largest absolute Gasteiger partial charge is 0.356 e. The topological polar surface area (TPSA) is 63.2 Å². The van der Waals surface area contributed by atoms with Gasteiger partial charge in [0.25, 0.3) is 0 Å². The van der Waals surface area contributed by atoms with Crippen LogP contribution in [0.15, 0.2) is 47.4 Å². The van der Waals surface area contributed by atoms with Gasteiger partial charge in [-0.3, -0.25) is 4.79 Å². The van der Waals surface area contributed by atoms with E-state index < -0.39 is 9.84 Å². The lowest BCUT2D eigenvalue weighted by Gasteiger charge is -2.09. The van der Waals surface area contributed by atoms with Crippen molar-refractivity contribution in [2.45, 2.75) is 44.9 Å². The highest BCUT2D eigenvalue weighted by Crippen LogP contribution is 2.14. The van der Waals surface area contributed by atoms with Crippen molar-refractivity contribution in [3.8, 4) is 0 Å². The molecule has 5 heteroatoms. The smallest absolute Gasteiger partial charge is 0.221 e. The van der Waals surface area contributed by atoms with E-state index in [4.69, 9.17) is 0 Å². The molecule has 0 aliphatic heterocycles. The summed E-state index contributed by atoms with van der Waals surface area (Å²) in [4.78, 5) is 12.2. The zero-order chi connectivity index (χ0) is 19.2. The molecule has 0 bridgehead atoms. The molecule has 0 saturated carbocycles. The molecule has 2 rings (SSSR count). The van der Waals surface area contributed by atoms with Crippen LogP contribution in [0.4, 0.5) is 0 Å². The number of nitrogens with one attached hydrogen (secondary N) is 1. The van der Waals surface area contributed by atoms with Crippen molar-refractivity contribution >= 4 is 15.7 Å². The van der Waals surface area contributed by atoms with E-state index in [1.807, 2.05) is 6.92 Å². The maximum atomic E-state index is 12.2. The maximum absolute atomic E-state index is 12.2. The predicted octanol–water partition coefficient (Wildman–Crippen LogP) is 3.52. The highest BCUT2D eigenvalue weighted by atomic mass is 32.2. The number of amides is 1. The second kappa shape index (κ2) is 8.99. The SMILES string of the molecule is Cc1ccc(S(=O)(=O)CCC(=O)NCCCc2ccc(C)cc2C)cc1. The highest BCUT2D eigenvalue weighted by molar-refractivity contribution is 7.91. The van der Waals surface area contributed by atoms with Crippen LogP contribution in [0, 0.1) is 20.8 Å². The number of sulfone groups is 1. The fourth-order valence-corrected chi connectivity index (χ4v) is 4.05. The summed E-state index contributed by atoms with van der Waals surface area (Å²) in [6.45, 7) is 6.62. The number of rotatable bonds is 8. The van der Waals surface area contributed by atoms with Crippen LogP contribution in [0.3, 0.4) is 0 Å². The minimum atomic E-state index is -3.42. The first-order valence-electron chi connectivity index (χ1n) is 8.90. The quantitative estimate of drug-likeness (QED) is 0.720. The number of carbonyl (C=O) groups is 1. The van der Waals surface area contributed by atoms with Gasteiger partial charge in [0.2, 0.25) is 5.91 Å². The van der Waals surface area contributed by atoms with E-state index in [2.05, 4.69) is 37.4 Å². The Bertz CT molecular complexity index is 855. The molecule has 26 heavy (non-hydrogen) atoms. The fraction of sp³-hybridized carbons (Fsp3) is 0.381. The summed E-state index contributed by atoms with van der Waals surface area (Å²) in [5, 5.41) is 2.81. The molecule has 1 amide bonds. The average Bonchev–Trinajstić information content (AvgIpc) is 2.59. The molecular weight excluding hydrogens is 346 g/mol. The van der Waals surface area contributed by atoms with Gasteiger partial charge in [-0.2, -0.15) is 0 Å². The number of aryl methyl sites for hydroxylation is 4. The van der Waals surface area contributed by atoms with Crippen LogP contribution in [0.25, 0.3) is 0 Å². The molecule has 0 spiro atoms. The lowest BCUT2D eigenvalue weighted by molar-refractivity contribution is -0.120. The molecule has 2 aromatic carbocycles. The van der Waals surface area contributed by atoms with Crippen LogP contribution >= 0.6 is 0 Å². The Morgan fingerprint density at radius 3 is 2.27 bits per heavy atom. The van der Waals surface area contributed by atoms with Gasteiger partial charge in [-0.25, -0.2) is 8.42 Å². The van der Waals surface area contributed by atoms with Crippen molar-refractivity contribution in [2.75, 3.05) is 12.3 Å². The minimum absolute atomic E-state index is 0.0141. The average molecular weight is 374 g/mol. The van der Waals surface area contributed by atoms with Crippen LogP contribution in [0.2, 0.25) is 0 Å². The monoisotopic (exact) mass is 373 g/mol. The molecular formula is C21H27NO3S. The highest BCUT2D eigenvalue weighted by Gasteiger charge is 2.16. The van der Waals surface area contributed by atoms with Gasteiger partial charge in [0.15, 0.2) is 9.84 Å². The Morgan fingerprint density at radius 1 is 0.962 bits per heavy atom. The summed E-state index contributed by atoms with van der Waals surface area (Å²) in [7, 11) is -3.42. The van der Waals surface area contributed by atoms with Crippen LogP contribution in [-0.4, -0.2) is 26.6 Å². The summed E-state index contributed by atoms with van der Waals surface area (Å²) in [6.07, 6.45) is 1.72. The molecule has 0 aliphatic carbocycles. The lowest BCUT2D eigenvalue weighted by atomic mass is 10.0. The Balaban J connectivity index is 1.74. The molecule has 0 heterocycles. The zero-order valence-corrected chi connectivity index (χ0v) is 16.5. The molecule has 0 unspecified atom stereocenters.